The molecule has 0 aliphatic carbocycles. The van der Waals surface area contributed by atoms with Crippen molar-refractivity contribution in [1.82, 2.24) is 15.1 Å². The first-order valence-corrected chi connectivity index (χ1v) is 7.96. The predicted octanol–water partition coefficient (Wildman–Crippen LogP) is 3.97. The van der Waals surface area contributed by atoms with E-state index in [9.17, 15) is 0 Å². The minimum absolute atomic E-state index is 0.333. The second kappa shape index (κ2) is 6.95. The van der Waals surface area contributed by atoms with Gasteiger partial charge in [-0.15, -0.1) is 0 Å². The lowest BCUT2D eigenvalue weighted by atomic mass is 9.78. The maximum atomic E-state index is 6.37. The summed E-state index contributed by atoms with van der Waals surface area (Å²) in [6.45, 7) is 14.4. The third-order valence-corrected chi connectivity index (χ3v) is 4.80. The first kappa shape index (κ1) is 17.5. The summed E-state index contributed by atoms with van der Waals surface area (Å²) < 4.78 is 1.92. The number of hydrogen-bond donors (Lipinski definition) is 1. The van der Waals surface area contributed by atoms with Gasteiger partial charge in [0.15, 0.2) is 0 Å². The Kier molecular flexibility index (Phi) is 6.08. The molecule has 1 heterocycles. The fourth-order valence-electron chi connectivity index (χ4n) is 2.44. The lowest BCUT2D eigenvalue weighted by Gasteiger charge is -2.31. The minimum Gasteiger partial charge on any atom is -0.314 e. The van der Waals surface area contributed by atoms with Gasteiger partial charge in [-0.1, -0.05) is 46.2 Å². The normalized spacial score (nSPS) is 15.4. The molecule has 0 aliphatic rings. The molecule has 0 aromatic carbocycles. The van der Waals surface area contributed by atoms with E-state index in [0.29, 0.717) is 17.4 Å². The lowest BCUT2D eigenvalue weighted by Crippen LogP contribution is -2.35. The van der Waals surface area contributed by atoms with E-state index in [0.717, 1.165) is 35.8 Å². The van der Waals surface area contributed by atoms with Crippen LogP contribution in [-0.4, -0.2) is 22.4 Å². The van der Waals surface area contributed by atoms with Crippen molar-refractivity contribution < 1.29 is 0 Å². The van der Waals surface area contributed by atoms with Crippen molar-refractivity contribution >= 4 is 11.6 Å². The summed E-state index contributed by atoms with van der Waals surface area (Å²) in [4.78, 5) is 0. The number of aryl methyl sites for hydroxylation is 2. The van der Waals surface area contributed by atoms with Gasteiger partial charge < -0.3 is 5.32 Å². The maximum absolute atomic E-state index is 6.37. The van der Waals surface area contributed by atoms with Gasteiger partial charge in [-0.3, -0.25) is 4.68 Å². The molecule has 4 heteroatoms. The predicted molar refractivity (Wildman–Crippen MR) is 87.4 cm³/mol. The molecule has 3 nitrogen and oxygen atoms in total. The molecular formula is C16H30ClN3. The van der Waals surface area contributed by atoms with E-state index in [1.165, 1.54) is 0 Å². The number of halogens is 1. The Bertz CT molecular complexity index is 432. The molecule has 2 unspecified atom stereocenters. The Balaban J connectivity index is 2.82. The highest BCUT2D eigenvalue weighted by molar-refractivity contribution is 6.31. The van der Waals surface area contributed by atoms with Crippen LogP contribution in [0.4, 0.5) is 0 Å². The Hall–Kier alpha value is -0.540. The Labute approximate surface area is 129 Å². The molecule has 1 rings (SSSR count). The summed E-state index contributed by atoms with van der Waals surface area (Å²) in [6, 6.07) is 0.446. The van der Waals surface area contributed by atoms with Crippen LogP contribution in [-0.2, 0) is 13.5 Å². The molecular weight excluding hydrogens is 270 g/mol. The van der Waals surface area contributed by atoms with E-state index in [1.807, 2.05) is 18.7 Å². The molecule has 1 aromatic rings. The van der Waals surface area contributed by atoms with Crippen LogP contribution in [0.3, 0.4) is 0 Å². The van der Waals surface area contributed by atoms with Gasteiger partial charge in [-0.2, -0.15) is 5.10 Å². The number of likely N-dealkylation sites (N-methyl/N-ethyl adjacent to an activating group) is 1. The Morgan fingerprint density at radius 1 is 1.35 bits per heavy atom. The molecule has 0 saturated carbocycles. The van der Waals surface area contributed by atoms with Gasteiger partial charge in [0, 0.05) is 19.5 Å². The SMILES string of the molecule is CCNC(Cc1c(Cl)c(C)nn1C)CC(C)C(C)(C)C. The van der Waals surface area contributed by atoms with E-state index < -0.39 is 0 Å². The molecule has 116 valence electrons. The zero-order valence-corrected chi connectivity index (χ0v) is 14.8. The fraction of sp³-hybridized carbons (Fsp3) is 0.812. The number of aromatic nitrogens is 2. The first-order valence-electron chi connectivity index (χ1n) is 7.58. The van der Waals surface area contributed by atoms with Gasteiger partial charge in [0.1, 0.15) is 0 Å². The van der Waals surface area contributed by atoms with E-state index >= 15 is 0 Å². The van der Waals surface area contributed by atoms with Crippen molar-refractivity contribution in [2.45, 2.75) is 60.4 Å². The number of rotatable bonds is 6. The highest BCUT2D eigenvalue weighted by Gasteiger charge is 2.25. The van der Waals surface area contributed by atoms with Gasteiger partial charge in [-0.05, 0) is 31.2 Å². The lowest BCUT2D eigenvalue weighted by molar-refractivity contribution is 0.222. The zero-order chi connectivity index (χ0) is 15.5. The van der Waals surface area contributed by atoms with Crippen LogP contribution in [0.25, 0.3) is 0 Å². The summed E-state index contributed by atoms with van der Waals surface area (Å²) in [7, 11) is 1.98. The van der Waals surface area contributed by atoms with Gasteiger partial charge in [-0.25, -0.2) is 0 Å². The highest BCUT2D eigenvalue weighted by Crippen LogP contribution is 2.30. The number of nitrogens with zero attached hydrogens (tertiary/aromatic N) is 2. The van der Waals surface area contributed by atoms with Gasteiger partial charge in [0.25, 0.3) is 0 Å². The largest absolute Gasteiger partial charge is 0.314 e. The van der Waals surface area contributed by atoms with Gasteiger partial charge in [0.2, 0.25) is 0 Å². The molecule has 0 saturated heterocycles. The van der Waals surface area contributed by atoms with Crippen LogP contribution in [0, 0.1) is 18.3 Å². The van der Waals surface area contributed by atoms with Crippen molar-refractivity contribution in [1.29, 1.82) is 0 Å². The van der Waals surface area contributed by atoms with E-state index in [-0.39, 0.29) is 0 Å². The van der Waals surface area contributed by atoms with Gasteiger partial charge >= 0.3 is 0 Å². The summed E-state index contributed by atoms with van der Waals surface area (Å²) in [5.74, 6) is 0.652. The molecule has 0 aliphatic heterocycles. The monoisotopic (exact) mass is 299 g/mol. The van der Waals surface area contributed by atoms with Crippen molar-refractivity contribution in [3.8, 4) is 0 Å². The number of hydrogen-bond acceptors (Lipinski definition) is 2. The van der Waals surface area contributed by atoms with E-state index in [4.69, 9.17) is 11.6 Å². The summed E-state index contributed by atoms with van der Waals surface area (Å²) in [5.41, 5.74) is 2.39. The molecule has 1 aromatic heterocycles. The van der Waals surface area contributed by atoms with Crippen LogP contribution < -0.4 is 5.32 Å². The maximum Gasteiger partial charge on any atom is 0.0847 e. The molecule has 0 amide bonds. The van der Waals surface area contributed by atoms with Gasteiger partial charge in [0.05, 0.1) is 16.4 Å². The van der Waals surface area contributed by atoms with Crippen LogP contribution in [0.1, 0.15) is 52.4 Å². The third-order valence-electron chi connectivity index (χ3n) is 4.31. The minimum atomic E-state index is 0.333. The molecule has 20 heavy (non-hydrogen) atoms. The molecule has 1 N–H and O–H groups in total. The second-order valence-electron chi connectivity index (χ2n) is 6.93. The Morgan fingerprint density at radius 2 is 1.95 bits per heavy atom. The molecule has 0 spiro atoms. The first-order chi connectivity index (χ1) is 9.16. The summed E-state index contributed by atoms with van der Waals surface area (Å²) >= 11 is 6.37. The average Bonchev–Trinajstić information content (AvgIpc) is 2.55. The quantitative estimate of drug-likeness (QED) is 0.861. The standard InChI is InChI=1S/C16H30ClN3/c1-8-18-13(9-11(2)16(4,5)6)10-14-15(17)12(3)19-20(14)7/h11,13,18H,8-10H2,1-7H3. The third kappa shape index (κ3) is 4.49. The number of nitrogens with one attached hydrogen (secondary N) is 1. The molecule has 2 atom stereocenters. The van der Waals surface area contributed by atoms with Crippen LogP contribution >= 0.6 is 11.6 Å². The van der Waals surface area contributed by atoms with Crippen molar-refractivity contribution in [2.75, 3.05) is 6.54 Å². The molecule has 0 bridgehead atoms. The van der Waals surface area contributed by atoms with Crippen molar-refractivity contribution in [3.05, 3.63) is 16.4 Å². The Morgan fingerprint density at radius 3 is 2.35 bits per heavy atom. The summed E-state index contributed by atoms with van der Waals surface area (Å²) in [6.07, 6.45) is 2.09. The smallest absolute Gasteiger partial charge is 0.0847 e. The van der Waals surface area contributed by atoms with Crippen LogP contribution in [0.2, 0.25) is 5.02 Å². The second-order valence-corrected chi connectivity index (χ2v) is 7.31. The zero-order valence-electron chi connectivity index (χ0n) is 14.0. The van der Waals surface area contributed by atoms with Crippen LogP contribution in [0.5, 0.6) is 0 Å². The van der Waals surface area contributed by atoms with Crippen LogP contribution in [0.15, 0.2) is 0 Å². The van der Waals surface area contributed by atoms with Crippen molar-refractivity contribution in [2.24, 2.45) is 18.4 Å². The summed E-state index contributed by atoms with van der Waals surface area (Å²) in [5, 5.41) is 8.83. The fourth-order valence-corrected chi connectivity index (χ4v) is 2.68. The van der Waals surface area contributed by atoms with Crippen molar-refractivity contribution in [3.63, 3.8) is 0 Å². The highest BCUT2D eigenvalue weighted by atomic mass is 35.5. The van der Waals surface area contributed by atoms with E-state index in [1.54, 1.807) is 0 Å². The average molecular weight is 300 g/mol. The molecule has 0 fully saturated rings. The van der Waals surface area contributed by atoms with E-state index in [2.05, 4.69) is 45.0 Å². The molecule has 0 radical (unpaired) electrons. The topological polar surface area (TPSA) is 29.9 Å².